The van der Waals surface area contributed by atoms with Gasteiger partial charge in [-0.3, -0.25) is 14.9 Å². The topological polar surface area (TPSA) is 81.5 Å². The third-order valence-electron chi connectivity index (χ3n) is 2.24. The highest BCUT2D eigenvalue weighted by atomic mass is 19.1. The number of benzene rings is 1. The van der Waals surface area contributed by atoms with E-state index in [-0.39, 0.29) is 18.7 Å². The number of non-ortho nitro benzene ring substituents is 1. The summed E-state index contributed by atoms with van der Waals surface area (Å²) in [5.41, 5.74) is 0.294. The maximum absolute atomic E-state index is 13.2. The smallest absolute Gasteiger partial charge is 0.273 e. The maximum atomic E-state index is 13.2. The molecule has 7 heteroatoms. The molecule has 0 aromatic heterocycles. The molecule has 6 nitrogen and oxygen atoms in total. The standard InChI is InChI=1S/C13H15FN2O4/c1-9(2)8-20-4-3-15-13(17)10-5-11(14)7-12(6-10)16(18)19/h5-7H,1,3-4,8H2,2H3,(H,15,17). The first-order valence-electron chi connectivity index (χ1n) is 5.85. The summed E-state index contributed by atoms with van der Waals surface area (Å²) < 4.78 is 18.3. The van der Waals surface area contributed by atoms with Crippen molar-refractivity contribution in [3.05, 3.63) is 51.8 Å². The molecule has 0 atom stereocenters. The molecule has 0 saturated heterocycles. The first kappa shape index (κ1) is 15.8. The number of carbonyl (C=O) groups is 1. The van der Waals surface area contributed by atoms with Crippen LogP contribution < -0.4 is 5.32 Å². The second-order valence-electron chi connectivity index (χ2n) is 4.22. The number of nitro benzene ring substituents is 1. The summed E-state index contributed by atoms with van der Waals surface area (Å²) in [4.78, 5) is 21.5. The summed E-state index contributed by atoms with van der Waals surface area (Å²) in [5, 5.41) is 13.1. The molecular weight excluding hydrogens is 267 g/mol. The van der Waals surface area contributed by atoms with Gasteiger partial charge in [-0.1, -0.05) is 12.2 Å². The number of hydrogen-bond donors (Lipinski definition) is 1. The Balaban J connectivity index is 2.55. The van der Waals surface area contributed by atoms with E-state index in [9.17, 15) is 19.3 Å². The van der Waals surface area contributed by atoms with Crippen LogP contribution in [-0.4, -0.2) is 30.6 Å². The van der Waals surface area contributed by atoms with Crippen LogP contribution >= 0.6 is 0 Å². The number of hydrogen-bond acceptors (Lipinski definition) is 4. The van der Waals surface area contributed by atoms with Crippen molar-refractivity contribution in [1.29, 1.82) is 0 Å². The third kappa shape index (κ3) is 5.15. The normalized spacial score (nSPS) is 10.1. The predicted molar refractivity (Wildman–Crippen MR) is 71.0 cm³/mol. The molecule has 0 saturated carbocycles. The molecule has 1 amide bonds. The largest absolute Gasteiger partial charge is 0.375 e. The molecule has 1 aromatic carbocycles. The highest BCUT2D eigenvalue weighted by Crippen LogP contribution is 2.16. The lowest BCUT2D eigenvalue weighted by atomic mass is 10.2. The van der Waals surface area contributed by atoms with Gasteiger partial charge in [0.15, 0.2) is 0 Å². The van der Waals surface area contributed by atoms with Crippen molar-refractivity contribution in [2.45, 2.75) is 6.92 Å². The summed E-state index contributed by atoms with van der Waals surface area (Å²) in [7, 11) is 0. The summed E-state index contributed by atoms with van der Waals surface area (Å²) in [5.74, 6) is -1.42. The lowest BCUT2D eigenvalue weighted by molar-refractivity contribution is -0.385. The van der Waals surface area contributed by atoms with E-state index in [1.54, 1.807) is 0 Å². The van der Waals surface area contributed by atoms with Crippen molar-refractivity contribution in [3.8, 4) is 0 Å². The van der Waals surface area contributed by atoms with Crippen LogP contribution in [0.5, 0.6) is 0 Å². The zero-order valence-corrected chi connectivity index (χ0v) is 11.0. The van der Waals surface area contributed by atoms with Gasteiger partial charge < -0.3 is 10.1 Å². The van der Waals surface area contributed by atoms with Crippen LogP contribution in [0, 0.1) is 15.9 Å². The van der Waals surface area contributed by atoms with Crippen LogP contribution in [0.4, 0.5) is 10.1 Å². The van der Waals surface area contributed by atoms with Gasteiger partial charge in [0, 0.05) is 18.2 Å². The van der Waals surface area contributed by atoms with Crippen LogP contribution in [0.25, 0.3) is 0 Å². The summed E-state index contributed by atoms with van der Waals surface area (Å²) in [6.45, 7) is 6.35. The van der Waals surface area contributed by atoms with Crippen LogP contribution in [0.15, 0.2) is 30.4 Å². The first-order valence-corrected chi connectivity index (χ1v) is 5.85. The number of nitrogens with one attached hydrogen (secondary N) is 1. The van der Waals surface area contributed by atoms with Gasteiger partial charge in [0.05, 0.1) is 24.2 Å². The molecule has 108 valence electrons. The number of halogens is 1. The van der Waals surface area contributed by atoms with Crippen LogP contribution in [0.2, 0.25) is 0 Å². The van der Waals surface area contributed by atoms with E-state index in [1.165, 1.54) is 0 Å². The fourth-order valence-corrected chi connectivity index (χ4v) is 1.40. The molecule has 0 aliphatic carbocycles. The van der Waals surface area contributed by atoms with Gasteiger partial charge in [0.2, 0.25) is 0 Å². The van der Waals surface area contributed by atoms with Crippen molar-refractivity contribution in [1.82, 2.24) is 5.32 Å². The zero-order valence-electron chi connectivity index (χ0n) is 11.0. The third-order valence-corrected chi connectivity index (χ3v) is 2.24. The van der Waals surface area contributed by atoms with Crippen molar-refractivity contribution >= 4 is 11.6 Å². The number of ether oxygens (including phenoxy) is 1. The minimum Gasteiger partial charge on any atom is -0.375 e. The van der Waals surface area contributed by atoms with E-state index in [0.29, 0.717) is 6.61 Å². The zero-order chi connectivity index (χ0) is 15.1. The molecule has 0 fully saturated rings. The predicted octanol–water partition coefficient (Wildman–Crippen LogP) is 2.06. The first-order chi connectivity index (χ1) is 9.40. The van der Waals surface area contributed by atoms with Crippen LogP contribution in [0.1, 0.15) is 17.3 Å². The molecule has 0 heterocycles. The van der Waals surface area contributed by atoms with Crippen molar-refractivity contribution in [2.24, 2.45) is 0 Å². The highest BCUT2D eigenvalue weighted by molar-refractivity contribution is 5.94. The Kier molecular flexibility index (Phi) is 5.79. The Morgan fingerprint density at radius 2 is 2.20 bits per heavy atom. The second-order valence-corrected chi connectivity index (χ2v) is 4.22. The molecule has 1 aromatic rings. The number of nitrogens with zero attached hydrogens (tertiary/aromatic N) is 1. The SMILES string of the molecule is C=C(C)COCCNC(=O)c1cc(F)cc([N+](=O)[O-])c1. The molecule has 0 bridgehead atoms. The van der Waals surface area contributed by atoms with E-state index >= 15 is 0 Å². The molecule has 1 N–H and O–H groups in total. The molecular formula is C13H15FN2O4. The Hall–Kier alpha value is -2.28. The van der Waals surface area contributed by atoms with Gasteiger partial charge in [-0.15, -0.1) is 0 Å². The molecule has 0 aliphatic heterocycles. The molecule has 0 aliphatic rings. The van der Waals surface area contributed by atoms with E-state index in [0.717, 1.165) is 23.8 Å². The van der Waals surface area contributed by atoms with E-state index in [4.69, 9.17) is 4.74 Å². The van der Waals surface area contributed by atoms with Gasteiger partial charge in [0.1, 0.15) is 5.82 Å². The molecule has 1 rings (SSSR count). The van der Waals surface area contributed by atoms with E-state index in [1.807, 2.05) is 6.92 Å². The fraction of sp³-hybridized carbons (Fsp3) is 0.308. The summed E-state index contributed by atoms with van der Waals surface area (Å²) >= 11 is 0. The molecule has 20 heavy (non-hydrogen) atoms. The van der Waals surface area contributed by atoms with Crippen LogP contribution in [0.3, 0.4) is 0 Å². The summed E-state index contributed by atoms with van der Waals surface area (Å²) in [6.07, 6.45) is 0. The minimum absolute atomic E-state index is 0.100. The highest BCUT2D eigenvalue weighted by Gasteiger charge is 2.14. The van der Waals surface area contributed by atoms with Gasteiger partial charge >= 0.3 is 0 Å². The van der Waals surface area contributed by atoms with E-state index in [2.05, 4.69) is 11.9 Å². The maximum Gasteiger partial charge on any atom is 0.273 e. The second kappa shape index (κ2) is 7.34. The fourth-order valence-electron chi connectivity index (χ4n) is 1.40. The number of nitro groups is 1. The number of carbonyl (C=O) groups excluding carboxylic acids is 1. The molecule has 0 spiro atoms. The Morgan fingerprint density at radius 3 is 2.80 bits per heavy atom. The summed E-state index contributed by atoms with van der Waals surface area (Å²) in [6, 6.07) is 2.72. The van der Waals surface area contributed by atoms with Crippen molar-refractivity contribution in [2.75, 3.05) is 19.8 Å². The average Bonchev–Trinajstić information content (AvgIpc) is 2.36. The van der Waals surface area contributed by atoms with Crippen molar-refractivity contribution < 1.29 is 18.8 Å². The number of rotatable bonds is 7. The Labute approximate surface area is 115 Å². The molecule has 0 radical (unpaired) electrons. The number of amides is 1. The molecule has 0 unspecified atom stereocenters. The van der Waals surface area contributed by atoms with Crippen LogP contribution in [-0.2, 0) is 4.74 Å². The van der Waals surface area contributed by atoms with Gasteiger partial charge in [-0.25, -0.2) is 4.39 Å². The Morgan fingerprint density at radius 1 is 1.50 bits per heavy atom. The monoisotopic (exact) mass is 282 g/mol. The van der Waals surface area contributed by atoms with Gasteiger partial charge in [-0.05, 0) is 13.0 Å². The average molecular weight is 282 g/mol. The van der Waals surface area contributed by atoms with Gasteiger partial charge in [0.25, 0.3) is 11.6 Å². The van der Waals surface area contributed by atoms with E-state index < -0.39 is 22.3 Å². The quantitative estimate of drug-likeness (QED) is 0.359. The van der Waals surface area contributed by atoms with Crippen molar-refractivity contribution in [3.63, 3.8) is 0 Å². The minimum atomic E-state index is -0.831. The lowest BCUT2D eigenvalue weighted by Crippen LogP contribution is -2.27. The van der Waals surface area contributed by atoms with Gasteiger partial charge in [-0.2, -0.15) is 0 Å². The Bertz CT molecular complexity index is 531. The lowest BCUT2D eigenvalue weighted by Gasteiger charge is -2.06.